The quantitative estimate of drug-likeness (QED) is 0.847. The Hall–Kier alpha value is -1.67. The van der Waals surface area contributed by atoms with Crippen LogP contribution in [-0.2, 0) is 10.0 Å². The molecule has 1 aliphatic rings. The lowest BCUT2D eigenvalue weighted by Gasteiger charge is -2.30. The van der Waals surface area contributed by atoms with E-state index in [1.807, 2.05) is 6.20 Å². The van der Waals surface area contributed by atoms with Gasteiger partial charge in [-0.05, 0) is 24.3 Å². The Kier molecular flexibility index (Phi) is 3.14. The number of fused-ring (bicyclic) bond motifs is 1. The SMILES string of the molecule is CS(=O)(=O)N1CCC(c2c[nH]c3ncnc(N)c23)CC1. The molecule has 1 aliphatic heterocycles. The van der Waals surface area contributed by atoms with Crippen molar-refractivity contribution in [2.24, 2.45) is 0 Å². The summed E-state index contributed by atoms with van der Waals surface area (Å²) in [5.41, 5.74) is 7.75. The van der Waals surface area contributed by atoms with Gasteiger partial charge >= 0.3 is 0 Å². The molecule has 2 aromatic heterocycles. The number of hydrogen-bond acceptors (Lipinski definition) is 5. The van der Waals surface area contributed by atoms with E-state index < -0.39 is 10.0 Å². The standard InChI is InChI=1S/C12H17N5O2S/c1-20(18,19)17-4-2-8(3-5-17)9-6-14-12-10(9)11(13)15-7-16-12/h6-8H,2-5H2,1H3,(H3,13,14,15,16). The number of aromatic nitrogens is 3. The van der Waals surface area contributed by atoms with E-state index in [4.69, 9.17) is 5.73 Å². The number of nitrogens with two attached hydrogens (primary N) is 1. The summed E-state index contributed by atoms with van der Waals surface area (Å²) in [6.45, 7) is 1.09. The van der Waals surface area contributed by atoms with Gasteiger partial charge in [-0.3, -0.25) is 0 Å². The molecule has 0 aromatic carbocycles. The summed E-state index contributed by atoms with van der Waals surface area (Å²) in [6.07, 6.45) is 6.17. The number of H-pyrrole nitrogens is 1. The summed E-state index contributed by atoms with van der Waals surface area (Å²) in [5.74, 6) is 0.756. The van der Waals surface area contributed by atoms with E-state index in [1.54, 1.807) is 0 Å². The van der Waals surface area contributed by atoms with Crippen LogP contribution in [0.5, 0.6) is 0 Å². The van der Waals surface area contributed by atoms with E-state index in [2.05, 4.69) is 15.0 Å². The Balaban J connectivity index is 1.87. The highest BCUT2D eigenvalue weighted by Gasteiger charge is 2.27. The van der Waals surface area contributed by atoms with E-state index in [9.17, 15) is 8.42 Å². The summed E-state index contributed by atoms with van der Waals surface area (Å²) < 4.78 is 24.6. The molecular weight excluding hydrogens is 278 g/mol. The van der Waals surface area contributed by atoms with Crippen molar-refractivity contribution in [3.8, 4) is 0 Å². The Morgan fingerprint density at radius 1 is 1.35 bits per heavy atom. The second kappa shape index (κ2) is 4.71. The van der Waals surface area contributed by atoms with Crippen molar-refractivity contribution >= 4 is 26.9 Å². The largest absolute Gasteiger partial charge is 0.383 e. The fraction of sp³-hybridized carbons (Fsp3) is 0.500. The molecule has 0 spiro atoms. The van der Waals surface area contributed by atoms with Crippen molar-refractivity contribution in [2.45, 2.75) is 18.8 Å². The van der Waals surface area contributed by atoms with Crippen LogP contribution in [0.25, 0.3) is 11.0 Å². The maximum Gasteiger partial charge on any atom is 0.211 e. The van der Waals surface area contributed by atoms with E-state index in [0.29, 0.717) is 18.9 Å². The first-order valence-corrected chi connectivity index (χ1v) is 8.34. The van der Waals surface area contributed by atoms with Crippen LogP contribution in [0.2, 0.25) is 0 Å². The van der Waals surface area contributed by atoms with Crippen LogP contribution < -0.4 is 5.73 Å². The molecule has 0 saturated carbocycles. The van der Waals surface area contributed by atoms with Crippen molar-refractivity contribution in [3.05, 3.63) is 18.1 Å². The fourth-order valence-corrected chi connectivity index (χ4v) is 3.71. The molecule has 1 saturated heterocycles. The number of hydrogen-bond donors (Lipinski definition) is 2. The Labute approximate surface area is 117 Å². The molecule has 3 heterocycles. The molecule has 0 bridgehead atoms. The van der Waals surface area contributed by atoms with Gasteiger partial charge in [-0.25, -0.2) is 22.7 Å². The van der Waals surface area contributed by atoms with E-state index in [1.165, 1.54) is 16.9 Å². The molecular formula is C12H17N5O2S. The minimum Gasteiger partial charge on any atom is -0.383 e. The lowest BCUT2D eigenvalue weighted by molar-refractivity contribution is 0.322. The van der Waals surface area contributed by atoms with Crippen molar-refractivity contribution in [2.75, 3.05) is 25.1 Å². The summed E-state index contributed by atoms with van der Waals surface area (Å²) in [6, 6.07) is 0. The average molecular weight is 295 g/mol. The summed E-state index contributed by atoms with van der Waals surface area (Å²) in [5, 5.41) is 0.866. The van der Waals surface area contributed by atoms with Crippen LogP contribution in [0.3, 0.4) is 0 Å². The van der Waals surface area contributed by atoms with Gasteiger partial charge in [0.2, 0.25) is 10.0 Å². The van der Waals surface area contributed by atoms with Crippen molar-refractivity contribution in [3.63, 3.8) is 0 Å². The number of nitrogens with zero attached hydrogens (tertiary/aromatic N) is 3. The third kappa shape index (κ3) is 2.25. The van der Waals surface area contributed by atoms with Crippen LogP contribution in [0.15, 0.2) is 12.5 Å². The highest BCUT2D eigenvalue weighted by atomic mass is 32.2. The topological polar surface area (TPSA) is 105 Å². The number of piperidine rings is 1. The predicted molar refractivity (Wildman–Crippen MR) is 76.7 cm³/mol. The zero-order valence-corrected chi connectivity index (χ0v) is 12.0. The van der Waals surface area contributed by atoms with Gasteiger partial charge in [0.25, 0.3) is 0 Å². The minimum absolute atomic E-state index is 0.287. The second-order valence-electron chi connectivity index (χ2n) is 5.16. The Bertz CT molecular complexity index is 731. The van der Waals surface area contributed by atoms with Crippen LogP contribution in [0.1, 0.15) is 24.3 Å². The first-order valence-electron chi connectivity index (χ1n) is 6.49. The lowest BCUT2D eigenvalue weighted by Crippen LogP contribution is -2.37. The van der Waals surface area contributed by atoms with Crippen molar-refractivity contribution in [1.29, 1.82) is 0 Å². The van der Waals surface area contributed by atoms with Crippen LogP contribution in [-0.4, -0.2) is 47.0 Å². The summed E-state index contributed by atoms with van der Waals surface area (Å²) >= 11 is 0. The van der Waals surface area contributed by atoms with E-state index >= 15 is 0 Å². The predicted octanol–water partition coefficient (Wildman–Crippen LogP) is 0.679. The molecule has 0 amide bonds. The molecule has 3 rings (SSSR count). The number of nitrogen functional groups attached to an aromatic ring is 1. The minimum atomic E-state index is -3.09. The molecule has 20 heavy (non-hydrogen) atoms. The molecule has 108 valence electrons. The zero-order chi connectivity index (χ0) is 14.3. The molecule has 0 atom stereocenters. The lowest BCUT2D eigenvalue weighted by atomic mass is 9.90. The third-order valence-corrected chi connectivity index (χ3v) is 5.20. The van der Waals surface area contributed by atoms with Gasteiger partial charge in [-0.1, -0.05) is 0 Å². The molecule has 0 aliphatic carbocycles. The van der Waals surface area contributed by atoms with Gasteiger partial charge in [-0.2, -0.15) is 0 Å². The molecule has 3 N–H and O–H groups in total. The number of anilines is 1. The molecule has 2 aromatic rings. The first-order chi connectivity index (χ1) is 9.47. The number of sulfonamides is 1. The highest BCUT2D eigenvalue weighted by molar-refractivity contribution is 7.88. The van der Waals surface area contributed by atoms with Crippen LogP contribution in [0.4, 0.5) is 5.82 Å². The molecule has 0 radical (unpaired) electrons. The smallest absolute Gasteiger partial charge is 0.211 e. The number of rotatable bonds is 2. The third-order valence-electron chi connectivity index (χ3n) is 3.89. The molecule has 7 nitrogen and oxygen atoms in total. The summed E-state index contributed by atoms with van der Waals surface area (Å²) in [7, 11) is -3.09. The zero-order valence-electron chi connectivity index (χ0n) is 11.2. The van der Waals surface area contributed by atoms with Gasteiger partial charge in [0.1, 0.15) is 17.8 Å². The Morgan fingerprint density at radius 2 is 2.05 bits per heavy atom. The number of nitrogens with one attached hydrogen (secondary N) is 1. The van der Waals surface area contributed by atoms with Crippen molar-refractivity contribution in [1.82, 2.24) is 19.3 Å². The van der Waals surface area contributed by atoms with Gasteiger partial charge < -0.3 is 10.7 Å². The normalized spacial score (nSPS) is 18.6. The van der Waals surface area contributed by atoms with Crippen LogP contribution in [0, 0.1) is 0 Å². The summed E-state index contributed by atoms with van der Waals surface area (Å²) in [4.78, 5) is 11.3. The maximum absolute atomic E-state index is 11.5. The number of aromatic amines is 1. The van der Waals surface area contributed by atoms with Gasteiger partial charge in [0, 0.05) is 19.3 Å². The first kappa shape index (κ1) is 13.3. The van der Waals surface area contributed by atoms with E-state index in [0.717, 1.165) is 29.4 Å². The fourth-order valence-electron chi connectivity index (χ4n) is 2.83. The van der Waals surface area contributed by atoms with E-state index in [-0.39, 0.29) is 5.92 Å². The maximum atomic E-state index is 11.5. The van der Waals surface area contributed by atoms with Gasteiger partial charge in [0.05, 0.1) is 11.6 Å². The average Bonchev–Trinajstić information content (AvgIpc) is 2.83. The molecule has 1 fully saturated rings. The van der Waals surface area contributed by atoms with Gasteiger partial charge in [0.15, 0.2) is 0 Å². The second-order valence-corrected chi connectivity index (χ2v) is 7.15. The van der Waals surface area contributed by atoms with Crippen molar-refractivity contribution < 1.29 is 8.42 Å². The van der Waals surface area contributed by atoms with Gasteiger partial charge in [-0.15, -0.1) is 0 Å². The highest BCUT2D eigenvalue weighted by Crippen LogP contribution is 2.34. The molecule has 8 heteroatoms. The monoisotopic (exact) mass is 295 g/mol. The Morgan fingerprint density at radius 3 is 2.70 bits per heavy atom. The van der Waals surface area contributed by atoms with Crippen LogP contribution >= 0.6 is 0 Å². The molecule has 0 unspecified atom stereocenters.